The zero-order valence-electron chi connectivity index (χ0n) is 13.5. The molecule has 0 aliphatic heterocycles. The molecular formula is C20H25NO. The summed E-state index contributed by atoms with van der Waals surface area (Å²) in [7, 11) is 0. The predicted molar refractivity (Wildman–Crippen MR) is 93.7 cm³/mol. The third-order valence-electron chi connectivity index (χ3n) is 3.88. The Bertz CT molecular complexity index is 592. The van der Waals surface area contributed by atoms with Gasteiger partial charge in [-0.1, -0.05) is 68.3 Å². The number of hydrogen-bond acceptors (Lipinski definition) is 2. The van der Waals surface area contributed by atoms with Gasteiger partial charge < -0.3 is 5.11 Å². The molecule has 0 saturated heterocycles. The van der Waals surface area contributed by atoms with Gasteiger partial charge in [0.15, 0.2) is 0 Å². The van der Waals surface area contributed by atoms with Crippen LogP contribution >= 0.6 is 0 Å². The first-order valence-electron chi connectivity index (χ1n) is 8.01. The summed E-state index contributed by atoms with van der Waals surface area (Å²) < 4.78 is 0. The largest absolute Gasteiger partial charge is 0.385 e. The Morgan fingerprint density at radius 2 is 1.59 bits per heavy atom. The molecule has 0 spiro atoms. The molecule has 0 heterocycles. The van der Waals surface area contributed by atoms with Crippen LogP contribution in [0.5, 0.6) is 0 Å². The number of para-hydroxylation sites is 1. The summed E-state index contributed by atoms with van der Waals surface area (Å²) in [6, 6.07) is 19.9. The summed E-state index contributed by atoms with van der Waals surface area (Å²) in [4.78, 5) is 4.63. The maximum Gasteiger partial charge on any atom is 0.0948 e. The number of nitrogens with zero attached hydrogens (tertiary/aromatic N) is 1. The number of aliphatic hydroxyl groups is 1. The van der Waals surface area contributed by atoms with Gasteiger partial charge in [-0.15, -0.1) is 0 Å². The molecule has 2 aromatic carbocycles. The lowest BCUT2D eigenvalue weighted by molar-refractivity contribution is 0.0326. The van der Waals surface area contributed by atoms with E-state index in [9.17, 15) is 5.11 Å². The van der Waals surface area contributed by atoms with Gasteiger partial charge in [0, 0.05) is 12.1 Å². The van der Waals surface area contributed by atoms with E-state index in [1.54, 1.807) is 0 Å². The monoisotopic (exact) mass is 295 g/mol. The summed E-state index contributed by atoms with van der Waals surface area (Å²) in [5.41, 5.74) is 2.03. The third kappa shape index (κ3) is 4.54. The minimum atomic E-state index is -0.834. The summed E-state index contributed by atoms with van der Waals surface area (Å²) in [5, 5.41) is 11.2. The van der Waals surface area contributed by atoms with E-state index in [0.717, 1.165) is 36.2 Å². The summed E-state index contributed by atoms with van der Waals surface area (Å²) >= 11 is 0. The molecule has 2 nitrogen and oxygen atoms in total. The van der Waals surface area contributed by atoms with Crippen LogP contribution in [0, 0.1) is 0 Å². The van der Waals surface area contributed by atoms with E-state index in [1.165, 1.54) is 0 Å². The molecular weight excluding hydrogens is 270 g/mol. The average Bonchev–Trinajstić information content (AvgIpc) is 2.54. The van der Waals surface area contributed by atoms with Gasteiger partial charge in [0.25, 0.3) is 0 Å². The molecule has 0 amide bonds. The Kier molecular flexibility index (Phi) is 5.91. The first-order valence-corrected chi connectivity index (χ1v) is 8.01. The Labute approximate surface area is 133 Å². The second-order valence-electron chi connectivity index (χ2n) is 5.86. The second-order valence-corrected chi connectivity index (χ2v) is 5.86. The molecule has 0 fully saturated rings. The third-order valence-corrected chi connectivity index (χ3v) is 3.88. The topological polar surface area (TPSA) is 32.6 Å². The van der Waals surface area contributed by atoms with Crippen molar-refractivity contribution >= 4 is 11.4 Å². The molecule has 2 aromatic rings. The molecule has 0 aromatic heterocycles. The standard InChI is InChI=1S/C20H25NO/c1-3-4-15-20(22,18-11-7-5-8-12-18)16-17(2)21-19-13-9-6-10-14-19/h5-14,22H,3-4,15-16H2,1-2H3. The van der Waals surface area contributed by atoms with Gasteiger partial charge in [0.05, 0.1) is 11.3 Å². The maximum absolute atomic E-state index is 11.2. The predicted octanol–water partition coefficient (Wildman–Crippen LogP) is 5.25. The summed E-state index contributed by atoms with van der Waals surface area (Å²) in [6.07, 6.45) is 3.40. The quantitative estimate of drug-likeness (QED) is 0.695. The summed E-state index contributed by atoms with van der Waals surface area (Å²) in [5.74, 6) is 0. The van der Waals surface area contributed by atoms with E-state index >= 15 is 0 Å². The maximum atomic E-state index is 11.2. The van der Waals surface area contributed by atoms with Gasteiger partial charge in [0.1, 0.15) is 0 Å². The van der Waals surface area contributed by atoms with Crippen LogP contribution in [-0.4, -0.2) is 10.8 Å². The van der Waals surface area contributed by atoms with E-state index in [4.69, 9.17) is 0 Å². The van der Waals surface area contributed by atoms with Gasteiger partial charge in [0.2, 0.25) is 0 Å². The SMILES string of the molecule is CCCCC(O)(CC(C)=Nc1ccccc1)c1ccccc1. The van der Waals surface area contributed by atoms with Crippen LogP contribution in [0.4, 0.5) is 5.69 Å². The van der Waals surface area contributed by atoms with Crippen molar-refractivity contribution in [3.05, 3.63) is 66.2 Å². The van der Waals surface area contributed by atoms with Crippen molar-refractivity contribution in [3.8, 4) is 0 Å². The minimum absolute atomic E-state index is 0.561. The van der Waals surface area contributed by atoms with Crippen LogP contribution in [0.15, 0.2) is 65.7 Å². The van der Waals surface area contributed by atoms with Crippen molar-refractivity contribution in [3.63, 3.8) is 0 Å². The van der Waals surface area contributed by atoms with Crippen molar-refractivity contribution < 1.29 is 5.11 Å². The van der Waals surface area contributed by atoms with Crippen molar-refractivity contribution in [1.82, 2.24) is 0 Å². The normalized spacial score (nSPS) is 14.6. The van der Waals surface area contributed by atoms with Crippen LogP contribution < -0.4 is 0 Å². The second kappa shape index (κ2) is 7.90. The molecule has 0 radical (unpaired) electrons. The van der Waals surface area contributed by atoms with Gasteiger partial charge in [-0.3, -0.25) is 4.99 Å². The number of benzene rings is 2. The van der Waals surface area contributed by atoms with Crippen LogP contribution in [0.2, 0.25) is 0 Å². The Balaban J connectivity index is 2.21. The lowest BCUT2D eigenvalue weighted by Gasteiger charge is -2.29. The first-order chi connectivity index (χ1) is 10.6. The fraction of sp³-hybridized carbons (Fsp3) is 0.350. The molecule has 0 aliphatic rings. The van der Waals surface area contributed by atoms with Gasteiger partial charge in [-0.05, 0) is 31.0 Å². The van der Waals surface area contributed by atoms with Crippen molar-refractivity contribution in [2.75, 3.05) is 0 Å². The van der Waals surface area contributed by atoms with Crippen LogP contribution in [-0.2, 0) is 5.60 Å². The van der Waals surface area contributed by atoms with Gasteiger partial charge >= 0.3 is 0 Å². The molecule has 0 saturated carbocycles. The highest BCUT2D eigenvalue weighted by molar-refractivity contribution is 5.85. The first kappa shape index (κ1) is 16.4. The lowest BCUT2D eigenvalue weighted by atomic mass is 9.84. The molecule has 22 heavy (non-hydrogen) atoms. The van der Waals surface area contributed by atoms with Gasteiger partial charge in [-0.25, -0.2) is 0 Å². The molecule has 116 valence electrons. The molecule has 0 aliphatic carbocycles. The summed E-state index contributed by atoms with van der Waals surface area (Å²) in [6.45, 7) is 4.14. The van der Waals surface area contributed by atoms with Crippen molar-refractivity contribution in [1.29, 1.82) is 0 Å². The van der Waals surface area contributed by atoms with Crippen LogP contribution in [0.1, 0.15) is 45.1 Å². The Morgan fingerprint density at radius 3 is 2.18 bits per heavy atom. The average molecular weight is 295 g/mol. The highest BCUT2D eigenvalue weighted by atomic mass is 16.3. The number of rotatable bonds is 7. The lowest BCUT2D eigenvalue weighted by Crippen LogP contribution is -2.28. The van der Waals surface area contributed by atoms with Crippen LogP contribution in [0.25, 0.3) is 0 Å². The smallest absolute Gasteiger partial charge is 0.0948 e. The molecule has 0 bridgehead atoms. The highest BCUT2D eigenvalue weighted by Crippen LogP contribution is 2.31. The zero-order chi connectivity index (χ0) is 15.8. The van der Waals surface area contributed by atoms with E-state index in [1.807, 2.05) is 67.6 Å². The molecule has 2 rings (SSSR count). The van der Waals surface area contributed by atoms with E-state index in [0.29, 0.717) is 6.42 Å². The highest BCUT2D eigenvalue weighted by Gasteiger charge is 2.29. The Hall–Kier alpha value is -1.93. The van der Waals surface area contributed by atoms with Crippen molar-refractivity contribution in [2.24, 2.45) is 4.99 Å². The fourth-order valence-corrected chi connectivity index (χ4v) is 2.74. The van der Waals surface area contributed by atoms with Crippen molar-refractivity contribution in [2.45, 2.75) is 45.1 Å². The zero-order valence-corrected chi connectivity index (χ0v) is 13.5. The van der Waals surface area contributed by atoms with E-state index in [-0.39, 0.29) is 0 Å². The molecule has 1 unspecified atom stereocenters. The van der Waals surface area contributed by atoms with E-state index in [2.05, 4.69) is 11.9 Å². The number of aliphatic imine (C=N–C) groups is 1. The number of unbranched alkanes of at least 4 members (excludes halogenated alkanes) is 1. The van der Waals surface area contributed by atoms with E-state index < -0.39 is 5.60 Å². The molecule has 2 heteroatoms. The van der Waals surface area contributed by atoms with Crippen LogP contribution in [0.3, 0.4) is 0 Å². The van der Waals surface area contributed by atoms with Gasteiger partial charge in [-0.2, -0.15) is 0 Å². The minimum Gasteiger partial charge on any atom is -0.385 e. The molecule has 1 atom stereocenters. The fourth-order valence-electron chi connectivity index (χ4n) is 2.74. The molecule has 1 N–H and O–H groups in total. The Morgan fingerprint density at radius 1 is 1.00 bits per heavy atom. The number of hydrogen-bond donors (Lipinski definition) is 1.